The number of thioether (sulfide) groups is 1. The van der Waals surface area contributed by atoms with E-state index in [0.29, 0.717) is 31.7 Å². The average molecular weight is 561 g/mol. The molecule has 1 amide bonds. The van der Waals surface area contributed by atoms with E-state index in [4.69, 9.17) is 4.74 Å². The van der Waals surface area contributed by atoms with E-state index in [9.17, 15) is 19.5 Å². The van der Waals surface area contributed by atoms with Crippen LogP contribution < -0.4 is 5.32 Å². The quantitative estimate of drug-likeness (QED) is 0.273. The van der Waals surface area contributed by atoms with Crippen molar-refractivity contribution in [2.45, 2.75) is 76.8 Å². The molecule has 0 spiro atoms. The van der Waals surface area contributed by atoms with E-state index in [-0.39, 0.29) is 17.1 Å². The van der Waals surface area contributed by atoms with Crippen molar-refractivity contribution in [1.82, 2.24) is 10.2 Å². The van der Waals surface area contributed by atoms with Crippen LogP contribution >= 0.6 is 23.1 Å². The molecular weight excluding hydrogens is 520 g/mol. The van der Waals surface area contributed by atoms with E-state index >= 15 is 0 Å². The van der Waals surface area contributed by atoms with Gasteiger partial charge in [-0.25, -0.2) is 4.79 Å². The van der Waals surface area contributed by atoms with Gasteiger partial charge in [-0.3, -0.25) is 14.9 Å². The van der Waals surface area contributed by atoms with Gasteiger partial charge in [-0.2, -0.15) is 11.3 Å². The molecule has 7 nitrogen and oxygen atoms in total. The van der Waals surface area contributed by atoms with Crippen LogP contribution in [0.5, 0.6) is 0 Å². The molecule has 1 saturated heterocycles. The zero-order valence-corrected chi connectivity index (χ0v) is 24.4. The fraction of sp³-hybridized carbons (Fsp3) is 0.552. The number of ether oxygens (including phenoxy) is 1. The summed E-state index contributed by atoms with van der Waals surface area (Å²) < 4.78 is 5.56. The Balaban J connectivity index is 1.87. The Hall–Kier alpha value is -2.36. The van der Waals surface area contributed by atoms with Crippen molar-refractivity contribution in [3.05, 3.63) is 58.3 Å². The third-order valence-electron chi connectivity index (χ3n) is 6.68. The van der Waals surface area contributed by atoms with Crippen molar-refractivity contribution in [3.8, 4) is 0 Å². The number of aryl methyl sites for hydroxylation is 1. The number of carboxylic acids is 1. The average Bonchev–Trinajstić information content (AvgIpc) is 3.36. The lowest BCUT2D eigenvalue weighted by Gasteiger charge is -2.39. The molecule has 1 aliphatic rings. The second-order valence-corrected chi connectivity index (χ2v) is 12.8. The number of nitrogens with one attached hydrogen (secondary N) is 1. The second-order valence-electron chi connectivity index (χ2n) is 10.8. The molecule has 2 N–H and O–H groups in total. The molecule has 9 heteroatoms. The van der Waals surface area contributed by atoms with E-state index in [2.05, 4.69) is 10.7 Å². The normalized spacial score (nSPS) is 20.0. The molecule has 2 aromatic rings. The van der Waals surface area contributed by atoms with Crippen molar-refractivity contribution < 1.29 is 24.2 Å². The number of carbonyl (C=O) groups is 3. The molecule has 38 heavy (non-hydrogen) atoms. The number of aliphatic carboxylic acids is 1. The lowest BCUT2D eigenvalue weighted by atomic mass is 9.85. The van der Waals surface area contributed by atoms with Crippen LogP contribution in [-0.4, -0.2) is 64.9 Å². The summed E-state index contributed by atoms with van der Waals surface area (Å²) in [6, 6.07) is 9.53. The number of esters is 1. The van der Waals surface area contributed by atoms with Crippen molar-refractivity contribution >= 4 is 40.9 Å². The van der Waals surface area contributed by atoms with Crippen molar-refractivity contribution in [2.24, 2.45) is 5.41 Å². The molecule has 3 rings (SSSR count). The van der Waals surface area contributed by atoms with E-state index in [0.717, 1.165) is 24.0 Å². The number of carbonyl (C=O) groups excluding carboxylic acids is 2. The van der Waals surface area contributed by atoms with E-state index in [1.165, 1.54) is 4.90 Å². The lowest BCUT2D eigenvalue weighted by molar-refractivity contribution is -0.156. The Morgan fingerprint density at radius 3 is 2.55 bits per heavy atom. The molecule has 0 bridgehead atoms. The maximum atomic E-state index is 14.0. The summed E-state index contributed by atoms with van der Waals surface area (Å²) in [7, 11) is 0. The summed E-state index contributed by atoms with van der Waals surface area (Å²) in [5, 5.41) is 17.5. The first-order valence-electron chi connectivity index (χ1n) is 13.3. The Labute approximate surface area is 234 Å². The van der Waals surface area contributed by atoms with Crippen LogP contribution in [0.2, 0.25) is 0 Å². The van der Waals surface area contributed by atoms with Crippen LogP contribution in [0.3, 0.4) is 0 Å². The van der Waals surface area contributed by atoms with Crippen LogP contribution in [0.25, 0.3) is 0 Å². The molecule has 1 fully saturated rings. The summed E-state index contributed by atoms with van der Waals surface area (Å²) in [5.41, 5.74) is 1.50. The number of rotatable bonds is 12. The molecule has 1 aromatic heterocycles. The predicted molar refractivity (Wildman–Crippen MR) is 153 cm³/mol. The molecule has 1 aromatic carbocycles. The largest absolute Gasteiger partial charge is 0.480 e. The molecule has 0 saturated carbocycles. The van der Waals surface area contributed by atoms with Crippen LogP contribution in [0, 0.1) is 5.41 Å². The SMILES string of the molecule is CCCCOC(=O)C(CCc1ccccc1)NC1CSC(c2ccsc2)CN(C(C(=O)O)C(C)(C)C)C1=O. The van der Waals surface area contributed by atoms with Crippen LogP contribution in [-0.2, 0) is 25.5 Å². The van der Waals surface area contributed by atoms with Crippen LogP contribution in [0.4, 0.5) is 0 Å². The Kier molecular flexibility index (Phi) is 11.2. The first-order chi connectivity index (χ1) is 18.1. The van der Waals surface area contributed by atoms with E-state index in [1.54, 1.807) is 23.1 Å². The van der Waals surface area contributed by atoms with Gasteiger partial charge >= 0.3 is 11.9 Å². The summed E-state index contributed by atoms with van der Waals surface area (Å²) in [4.78, 5) is 41.1. The lowest BCUT2D eigenvalue weighted by Crippen LogP contribution is -2.59. The zero-order valence-electron chi connectivity index (χ0n) is 22.7. The van der Waals surface area contributed by atoms with Gasteiger partial charge in [0.05, 0.1) is 12.6 Å². The molecule has 2 heterocycles. The minimum atomic E-state index is -1.03. The topological polar surface area (TPSA) is 95.9 Å². The molecule has 1 aliphatic heterocycles. The van der Waals surface area contributed by atoms with Gasteiger partial charge in [0.25, 0.3) is 0 Å². The third kappa shape index (κ3) is 8.32. The second kappa shape index (κ2) is 14.1. The predicted octanol–water partition coefficient (Wildman–Crippen LogP) is 5.17. The highest BCUT2D eigenvalue weighted by molar-refractivity contribution is 7.99. The molecule has 4 atom stereocenters. The van der Waals surface area contributed by atoms with Crippen molar-refractivity contribution in [1.29, 1.82) is 0 Å². The van der Waals surface area contributed by atoms with Gasteiger partial charge in [0.15, 0.2) is 0 Å². The van der Waals surface area contributed by atoms with E-state index < -0.39 is 29.5 Å². The van der Waals surface area contributed by atoms with Crippen molar-refractivity contribution in [2.75, 3.05) is 18.9 Å². The third-order valence-corrected chi connectivity index (χ3v) is 8.73. The number of carboxylic acid groups (broad SMARTS) is 1. The molecule has 4 unspecified atom stereocenters. The number of hydrogen-bond acceptors (Lipinski definition) is 7. The van der Waals surface area contributed by atoms with Crippen LogP contribution in [0.1, 0.15) is 63.3 Å². The Morgan fingerprint density at radius 2 is 1.95 bits per heavy atom. The Bertz CT molecular complexity index is 1040. The summed E-state index contributed by atoms with van der Waals surface area (Å²) >= 11 is 3.21. The zero-order chi connectivity index (χ0) is 27.7. The molecule has 0 radical (unpaired) electrons. The van der Waals surface area contributed by atoms with Gasteiger partial charge < -0.3 is 14.7 Å². The fourth-order valence-electron chi connectivity index (χ4n) is 4.67. The highest BCUT2D eigenvalue weighted by atomic mass is 32.2. The van der Waals surface area contributed by atoms with Gasteiger partial charge in [0.2, 0.25) is 5.91 Å². The number of thiophene rings is 1. The number of hydrogen-bond donors (Lipinski definition) is 2. The number of benzene rings is 1. The minimum absolute atomic E-state index is 0.0551. The fourth-order valence-corrected chi connectivity index (χ4v) is 6.74. The number of nitrogens with zero attached hydrogens (tertiary/aromatic N) is 1. The smallest absolute Gasteiger partial charge is 0.326 e. The first kappa shape index (κ1) is 30.2. The number of amides is 1. The van der Waals surface area contributed by atoms with Gasteiger partial charge in [0, 0.05) is 17.5 Å². The van der Waals surface area contributed by atoms with Gasteiger partial charge in [0.1, 0.15) is 12.1 Å². The summed E-state index contributed by atoms with van der Waals surface area (Å²) in [6.45, 7) is 8.19. The minimum Gasteiger partial charge on any atom is -0.480 e. The molecular formula is C29H40N2O5S2. The molecule has 0 aliphatic carbocycles. The highest BCUT2D eigenvalue weighted by Crippen LogP contribution is 2.37. The van der Waals surface area contributed by atoms with Crippen molar-refractivity contribution in [3.63, 3.8) is 0 Å². The van der Waals surface area contributed by atoms with E-state index in [1.807, 2.05) is 69.5 Å². The standard InChI is InChI=1S/C29H40N2O5S2/c1-5-6-15-36-28(35)22(13-12-20-10-8-7-9-11-20)30-23-19-38-24(21-14-16-37-18-21)17-31(26(23)32)25(27(33)34)29(2,3)4/h7-11,14,16,18,22-25,30H,5-6,12-13,15,17,19H2,1-4H3,(H,33,34). The van der Waals surface area contributed by atoms with Crippen LogP contribution in [0.15, 0.2) is 47.2 Å². The Morgan fingerprint density at radius 1 is 1.21 bits per heavy atom. The maximum absolute atomic E-state index is 14.0. The van der Waals surface area contributed by atoms with Gasteiger partial charge in [-0.1, -0.05) is 64.4 Å². The first-order valence-corrected chi connectivity index (χ1v) is 15.2. The maximum Gasteiger partial charge on any atom is 0.326 e. The monoisotopic (exact) mass is 560 g/mol. The summed E-state index contributed by atoms with van der Waals surface area (Å²) in [6.07, 6.45) is 2.81. The van der Waals surface area contributed by atoms with Gasteiger partial charge in [-0.05, 0) is 52.6 Å². The number of unbranched alkanes of at least 4 members (excludes halogenated alkanes) is 1. The molecule has 208 valence electrons. The highest BCUT2D eigenvalue weighted by Gasteiger charge is 2.44. The van der Waals surface area contributed by atoms with Gasteiger partial charge in [-0.15, -0.1) is 11.8 Å². The summed E-state index contributed by atoms with van der Waals surface area (Å²) in [5.74, 6) is -1.26.